The zero-order valence-electron chi connectivity index (χ0n) is 17.4. The highest BCUT2D eigenvalue weighted by Gasteiger charge is 2.39. The topological polar surface area (TPSA) is 72.4 Å². The number of aromatic nitrogens is 2. The third kappa shape index (κ3) is 3.34. The predicted molar refractivity (Wildman–Crippen MR) is 114 cm³/mol. The quantitative estimate of drug-likeness (QED) is 0.609. The van der Waals surface area contributed by atoms with E-state index < -0.39 is 5.41 Å². The average Bonchev–Trinajstić information content (AvgIpc) is 2.76. The SMILES string of the molecule is CN(C)C(=O)c1ccc(-c2ccc3c(n2)Oc2cnccc2C3C(C)(C)C=O)cc1. The number of hydrogen-bond donors (Lipinski definition) is 0. The van der Waals surface area contributed by atoms with Gasteiger partial charge in [-0.25, -0.2) is 4.98 Å². The molecule has 0 bridgehead atoms. The molecule has 1 atom stereocenters. The van der Waals surface area contributed by atoms with Crippen molar-refractivity contribution in [2.24, 2.45) is 5.41 Å². The van der Waals surface area contributed by atoms with Crippen molar-refractivity contribution < 1.29 is 14.3 Å². The van der Waals surface area contributed by atoms with E-state index in [1.807, 2.05) is 44.2 Å². The lowest BCUT2D eigenvalue weighted by Crippen LogP contribution is -2.28. The van der Waals surface area contributed by atoms with Gasteiger partial charge in [-0.2, -0.15) is 0 Å². The first-order chi connectivity index (χ1) is 14.3. The number of benzene rings is 1. The van der Waals surface area contributed by atoms with Crippen molar-refractivity contribution in [2.75, 3.05) is 14.1 Å². The fourth-order valence-corrected chi connectivity index (χ4v) is 3.81. The summed E-state index contributed by atoms with van der Waals surface area (Å²) in [5, 5.41) is 0. The van der Waals surface area contributed by atoms with Crippen molar-refractivity contribution >= 4 is 12.2 Å². The number of hydrogen-bond acceptors (Lipinski definition) is 5. The number of rotatable bonds is 4. The molecule has 152 valence electrons. The van der Waals surface area contributed by atoms with Crippen LogP contribution in [-0.2, 0) is 4.79 Å². The van der Waals surface area contributed by atoms with Crippen LogP contribution in [0.2, 0.25) is 0 Å². The third-order valence-corrected chi connectivity index (χ3v) is 5.42. The lowest BCUT2D eigenvalue weighted by molar-refractivity contribution is -0.115. The van der Waals surface area contributed by atoms with Gasteiger partial charge in [0, 0.05) is 53.9 Å². The summed E-state index contributed by atoms with van der Waals surface area (Å²) >= 11 is 0. The number of aldehydes is 1. The van der Waals surface area contributed by atoms with E-state index in [0.29, 0.717) is 17.2 Å². The summed E-state index contributed by atoms with van der Waals surface area (Å²) in [7, 11) is 3.45. The van der Waals surface area contributed by atoms with Crippen LogP contribution < -0.4 is 4.74 Å². The van der Waals surface area contributed by atoms with E-state index in [9.17, 15) is 9.59 Å². The van der Waals surface area contributed by atoms with Gasteiger partial charge in [0.25, 0.3) is 5.91 Å². The van der Waals surface area contributed by atoms with Crippen molar-refractivity contribution in [1.29, 1.82) is 0 Å². The van der Waals surface area contributed by atoms with Gasteiger partial charge in [0.1, 0.15) is 6.29 Å². The Morgan fingerprint density at radius 3 is 2.47 bits per heavy atom. The Kier molecular flexibility index (Phi) is 4.86. The van der Waals surface area contributed by atoms with E-state index in [-0.39, 0.29) is 11.8 Å². The van der Waals surface area contributed by atoms with Crippen molar-refractivity contribution in [3.63, 3.8) is 0 Å². The molecule has 6 heteroatoms. The molecule has 0 aliphatic carbocycles. The maximum Gasteiger partial charge on any atom is 0.253 e. The van der Waals surface area contributed by atoms with E-state index in [1.54, 1.807) is 43.5 Å². The second kappa shape index (κ2) is 7.37. The number of ether oxygens (including phenoxy) is 1. The van der Waals surface area contributed by atoms with Crippen LogP contribution in [0.5, 0.6) is 11.6 Å². The minimum Gasteiger partial charge on any atom is -0.437 e. The number of fused-ring (bicyclic) bond motifs is 2. The van der Waals surface area contributed by atoms with Crippen LogP contribution in [0.15, 0.2) is 54.9 Å². The van der Waals surface area contributed by atoms with Gasteiger partial charge < -0.3 is 14.4 Å². The van der Waals surface area contributed by atoms with Crippen LogP contribution in [0.3, 0.4) is 0 Å². The molecule has 4 rings (SSSR count). The van der Waals surface area contributed by atoms with Gasteiger partial charge in [0.05, 0.1) is 11.9 Å². The Bertz CT molecular complexity index is 1120. The molecule has 3 aromatic rings. The number of amides is 1. The van der Waals surface area contributed by atoms with E-state index in [4.69, 9.17) is 9.72 Å². The Labute approximate surface area is 175 Å². The van der Waals surface area contributed by atoms with Gasteiger partial charge in [0.15, 0.2) is 5.75 Å². The number of pyridine rings is 2. The molecule has 1 aliphatic rings. The number of nitrogens with zero attached hydrogens (tertiary/aromatic N) is 3. The van der Waals surface area contributed by atoms with Gasteiger partial charge in [-0.15, -0.1) is 0 Å². The minimum absolute atomic E-state index is 0.0497. The van der Waals surface area contributed by atoms with Crippen molar-refractivity contribution in [3.05, 3.63) is 71.5 Å². The van der Waals surface area contributed by atoms with Gasteiger partial charge in [-0.3, -0.25) is 9.78 Å². The standard InChI is InChI=1S/C24H23N3O3/c1-24(2,14-28)21-17-11-12-25-13-20(17)30-22-18(21)9-10-19(26-22)15-5-7-16(8-6-15)23(29)27(3)4/h5-14,21H,1-4H3. The molecule has 1 amide bonds. The molecule has 1 aromatic carbocycles. The minimum atomic E-state index is -0.633. The molecule has 0 saturated heterocycles. The summed E-state index contributed by atoms with van der Waals surface area (Å²) in [6.45, 7) is 3.83. The molecule has 0 spiro atoms. The molecule has 30 heavy (non-hydrogen) atoms. The number of carbonyl (C=O) groups is 2. The highest BCUT2D eigenvalue weighted by molar-refractivity contribution is 5.94. The summed E-state index contributed by atoms with van der Waals surface area (Å²) in [4.78, 5) is 34.4. The fraction of sp³-hybridized carbons (Fsp3) is 0.250. The molecule has 3 heterocycles. The number of carbonyl (C=O) groups excluding carboxylic acids is 2. The van der Waals surface area contributed by atoms with Crippen molar-refractivity contribution in [2.45, 2.75) is 19.8 Å². The molecule has 1 unspecified atom stereocenters. The smallest absolute Gasteiger partial charge is 0.253 e. The zero-order chi connectivity index (χ0) is 21.5. The van der Waals surface area contributed by atoms with E-state index in [0.717, 1.165) is 28.7 Å². The first-order valence-electron chi connectivity index (χ1n) is 9.73. The molecular formula is C24H23N3O3. The van der Waals surface area contributed by atoms with Crippen molar-refractivity contribution in [1.82, 2.24) is 14.9 Å². The first-order valence-corrected chi connectivity index (χ1v) is 9.73. The Balaban J connectivity index is 1.76. The fourth-order valence-electron chi connectivity index (χ4n) is 3.81. The lowest BCUT2D eigenvalue weighted by atomic mass is 9.71. The van der Waals surface area contributed by atoms with Gasteiger partial charge in [-0.1, -0.05) is 32.0 Å². The normalized spacial score (nSPS) is 14.9. The first kappa shape index (κ1) is 19.8. The second-order valence-corrected chi connectivity index (χ2v) is 8.26. The van der Waals surface area contributed by atoms with E-state index in [2.05, 4.69) is 4.98 Å². The second-order valence-electron chi connectivity index (χ2n) is 8.26. The summed E-state index contributed by atoms with van der Waals surface area (Å²) in [6, 6.07) is 13.1. The van der Waals surface area contributed by atoms with Crippen LogP contribution in [0, 0.1) is 5.41 Å². The Hall–Kier alpha value is -3.54. The third-order valence-electron chi connectivity index (χ3n) is 5.42. The highest BCUT2D eigenvalue weighted by atomic mass is 16.5. The molecule has 1 aliphatic heterocycles. The van der Waals surface area contributed by atoms with Crippen LogP contribution in [0.4, 0.5) is 0 Å². The zero-order valence-corrected chi connectivity index (χ0v) is 17.4. The summed E-state index contributed by atoms with van der Waals surface area (Å²) < 4.78 is 6.05. The summed E-state index contributed by atoms with van der Waals surface area (Å²) in [6.07, 6.45) is 4.34. The maximum atomic E-state index is 12.1. The largest absolute Gasteiger partial charge is 0.437 e. The molecule has 0 radical (unpaired) electrons. The molecule has 6 nitrogen and oxygen atoms in total. The summed E-state index contributed by atoms with van der Waals surface area (Å²) in [5.74, 6) is 0.854. The van der Waals surface area contributed by atoms with Crippen LogP contribution in [0.1, 0.15) is 41.3 Å². The van der Waals surface area contributed by atoms with E-state index >= 15 is 0 Å². The van der Waals surface area contributed by atoms with Crippen LogP contribution in [-0.4, -0.2) is 41.2 Å². The van der Waals surface area contributed by atoms with Gasteiger partial charge in [0.2, 0.25) is 5.88 Å². The molecule has 0 N–H and O–H groups in total. The van der Waals surface area contributed by atoms with Crippen molar-refractivity contribution in [3.8, 4) is 22.9 Å². The van der Waals surface area contributed by atoms with Gasteiger partial charge in [-0.05, 0) is 24.3 Å². The molecular weight excluding hydrogens is 378 g/mol. The van der Waals surface area contributed by atoms with Gasteiger partial charge >= 0.3 is 0 Å². The maximum absolute atomic E-state index is 12.1. The molecule has 2 aromatic heterocycles. The highest BCUT2D eigenvalue weighted by Crippen LogP contribution is 2.50. The molecule has 0 saturated carbocycles. The lowest BCUT2D eigenvalue weighted by Gasteiger charge is -2.35. The van der Waals surface area contributed by atoms with Crippen LogP contribution >= 0.6 is 0 Å². The summed E-state index contributed by atoms with van der Waals surface area (Å²) in [5.41, 5.74) is 3.38. The van der Waals surface area contributed by atoms with Crippen LogP contribution in [0.25, 0.3) is 11.3 Å². The average molecular weight is 401 g/mol. The Morgan fingerprint density at radius 2 is 1.80 bits per heavy atom. The Morgan fingerprint density at radius 1 is 1.07 bits per heavy atom. The monoisotopic (exact) mass is 401 g/mol. The predicted octanol–water partition coefficient (Wildman–Crippen LogP) is 4.31. The van der Waals surface area contributed by atoms with E-state index in [1.165, 1.54) is 0 Å². The molecule has 0 fully saturated rings.